The maximum absolute atomic E-state index is 12.9. The third-order valence-corrected chi connectivity index (χ3v) is 5.68. The molecule has 0 aliphatic carbocycles. The number of para-hydroxylation sites is 2. The van der Waals surface area contributed by atoms with E-state index in [-0.39, 0.29) is 24.6 Å². The largest absolute Gasteiger partial charge is 0.444 e. The van der Waals surface area contributed by atoms with Crippen LogP contribution in [0.25, 0.3) is 0 Å². The highest BCUT2D eigenvalue weighted by atomic mass is 16.6. The van der Waals surface area contributed by atoms with Crippen LogP contribution in [0.5, 0.6) is 0 Å². The molecule has 0 atom stereocenters. The average molecular weight is 517 g/mol. The summed E-state index contributed by atoms with van der Waals surface area (Å²) < 4.78 is 10.7. The summed E-state index contributed by atoms with van der Waals surface area (Å²) in [5, 5.41) is 8.87. The predicted molar refractivity (Wildman–Crippen MR) is 146 cm³/mol. The van der Waals surface area contributed by atoms with Crippen molar-refractivity contribution in [2.24, 2.45) is 0 Å². The van der Waals surface area contributed by atoms with Gasteiger partial charge in [0.05, 0.1) is 17.4 Å². The van der Waals surface area contributed by atoms with Gasteiger partial charge in [-0.2, -0.15) is 0 Å². The van der Waals surface area contributed by atoms with Crippen molar-refractivity contribution in [1.82, 2.24) is 4.90 Å². The van der Waals surface area contributed by atoms with Crippen LogP contribution in [0.15, 0.2) is 78.9 Å². The molecule has 9 heteroatoms. The summed E-state index contributed by atoms with van der Waals surface area (Å²) in [7, 11) is 0. The molecule has 1 aliphatic heterocycles. The maximum atomic E-state index is 12.9. The molecular weight excluding hydrogens is 484 g/mol. The molecule has 4 rings (SSSR count). The van der Waals surface area contributed by atoms with Gasteiger partial charge in [0, 0.05) is 24.3 Å². The lowest BCUT2D eigenvalue weighted by Gasteiger charge is -2.40. The summed E-state index contributed by atoms with van der Waals surface area (Å²) in [5.41, 5.74) is 2.54. The van der Waals surface area contributed by atoms with Crippen LogP contribution in [0.2, 0.25) is 0 Å². The summed E-state index contributed by atoms with van der Waals surface area (Å²) in [4.78, 5) is 38.9. The van der Waals surface area contributed by atoms with E-state index in [4.69, 9.17) is 9.47 Å². The number of benzene rings is 3. The van der Waals surface area contributed by atoms with Crippen LogP contribution in [-0.4, -0.2) is 47.7 Å². The summed E-state index contributed by atoms with van der Waals surface area (Å²) in [6.07, 6.45) is -0.936. The van der Waals surface area contributed by atoms with Gasteiger partial charge in [-0.05, 0) is 62.7 Å². The van der Waals surface area contributed by atoms with Crippen LogP contribution < -0.4 is 16.0 Å². The minimum absolute atomic E-state index is 0.113. The highest BCUT2D eigenvalue weighted by Gasteiger charge is 2.33. The number of carbonyl (C=O) groups excluding carboxylic acids is 3. The van der Waals surface area contributed by atoms with Gasteiger partial charge in [-0.1, -0.05) is 42.5 Å². The number of anilines is 3. The molecule has 0 aromatic heterocycles. The van der Waals surface area contributed by atoms with E-state index < -0.39 is 11.7 Å². The molecule has 0 bridgehead atoms. The van der Waals surface area contributed by atoms with Gasteiger partial charge < -0.3 is 25.0 Å². The molecule has 0 unspecified atom stereocenters. The van der Waals surface area contributed by atoms with Crippen LogP contribution >= 0.6 is 0 Å². The molecule has 9 nitrogen and oxygen atoms in total. The quantitative estimate of drug-likeness (QED) is 0.371. The Balaban J connectivity index is 1.27. The van der Waals surface area contributed by atoms with Crippen LogP contribution in [0.4, 0.5) is 26.7 Å². The number of hydrogen-bond acceptors (Lipinski definition) is 6. The van der Waals surface area contributed by atoms with Gasteiger partial charge in [-0.25, -0.2) is 9.59 Å². The Hall–Kier alpha value is -4.53. The Labute approximate surface area is 222 Å². The number of ether oxygens (including phenoxy) is 2. The number of nitrogens with zero attached hydrogens (tertiary/aromatic N) is 1. The highest BCUT2D eigenvalue weighted by Crippen LogP contribution is 2.23. The Morgan fingerprint density at radius 2 is 1.45 bits per heavy atom. The van der Waals surface area contributed by atoms with Gasteiger partial charge in [-0.15, -0.1) is 0 Å². The van der Waals surface area contributed by atoms with Gasteiger partial charge >= 0.3 is 12.2 Å². The number of hydrogen-bond donors (Lipinski definition) is 3. The summed E-state index contributed by atoms with van der Waals surface area (Å²) in [6.45, 7) is 6.77. The van der Waals surface area contributed by atoms with E-state index in [1.807, 2.05) is 63.2 Å². The van der Waals surface area contributed by atoms with Crippen molar-refractivity contribution in [1.29, 1.82) is 0 Å². The molecule has 3 N–H and O–H groups in total. The normalized spacial score (nSPS) is 13.2. The summed E-state index contributed by atoms with van der Waals surface area (Å²) in [5.74, 6) is -0.316. The van der Waals surface area contributed by atoms with Crippen molar-refractivity contribution < 1.29 is 23.9 Å². The Kier molecular flexibility index (Phi) is 8.15. The second-order valence-electron chi connectivity index (χ2n) is 9.99. The average Bonchev–Trinajstić information content (AvgIpc) is 2.85. The van der Waals surface area contributed by atoms with Crippen molar-refractivity contribution in [3.05, 3.63) is 90.0 Å². The number of likely N-dealkylation sites (tertiary alicyclic amines) is 1. The second-order valence-corrected chi connectivity index (χ2v) is 9.99. The first-order chi connectivity index (χ1) is 18.2. The first-order valence-corrected chi connectivity index (χ1v) is 12.4. The van der Waals surface area contributed by atoms with E-state index in [0.29, 0.717) is 30.0 Å². The van der Waals surface area contributed by atoms with Gasteiger partial charge in [0.15, 0.2) is 0 Å². The van der Waals surface area contributed by atoms with Crippen LogP contribution in [0.1, 0.15) is 36.7 Å². The Morgan fingerprint density at radius 3 is 2.08 bits per heavy atom. The predicted octanol–water partition coefficient (Wildman–Crippen LogP) is 5.72. The van der Waals surface area contributed by atoms with Crippen molar-refractivity contribution >= 4 is 35.2 Å². The molecule has 0 spiro atoms. The van der Waals surface area contributed by atoms with Crippen molar-refractivity contribution in [2.45, 2.75) is 39.0 Å². The van der Waals surface area contributed by atoms with Crippen molar-refractivity contribution in [2.75, 3.05) is 29.0 Å². The minimum Gasteiger partial charge on any atom is -0.444 e. The standard InChI is InChI=1S/C29H32N4O5/c1-29(2,3)38-28(36)33-17-23(18-33)30-22-15-13-21(14-16-22)26(34)31-24-11-7-8-12-25(24)32-27(35)37-19-20-9-5-4-6-10-20/h4-16,23,30H,17-19H2,1-3H3,(H,31,34)(H,32,35). The third kappa shape index (κ3) is 7.49. The molecule has 3 amide bonds. The second kappa shape index (κ2) is 11.7. The SMILES string of the molecule is CC(C)(C)OC(=O)N1CC(Nc2ccc(C(=O)Nc3ccccc3NC(=O)OCc3ccccc3)cc2)C1. The fourth-order valence-corrected chi connectivity index (χ4v) is 3.76. The van der Waals surface area contributed by atoms with Gasteiger partial charge in [0.1, 0.15) is 12.2 Å². The lowest BCUT2D eigenvalue weighted by molar-refractivity contribution is 0.0105. The zero-order chi connectivity index (χ0) is 27.1. The van der Waals surface area contributed by atoms with E-state index in [0.717, 1.165) is 11.3 Å². The zero-order valence-corrected chi connectivity index (χ0v) is 21.7. The van der Waals surface area contributed by atoms with Crippen LogP contribution in [0, 0.1) is 0 Å². The first-order valence-electron chi connectivity index (χ1n) is 12.4. The van der Waals surface area contributed by atoms with Gasteiger partial charge in [0.2, 0.25) is 0 Å². The van der Waals surface area contributed by atoms with E-state index in [1.165, 1.54) is 0 Å². The number of rotatable bonds is 7. The van der Waals surface area contributed by atoms with Crippen LogP contribution in [-0.2, 0) is 16.1 Å². The molecule has 0 radical (unpaired) electrons. The van der Waals surface area contributed by atoms with E-state index in [2.05, 4.69) is 16.0 Å². The first kappa shape index (κ1) is 26.5. The van der Waals surface area contributed by atoms with Crippen molar-refractivity contribution in [3.8, 4) is 0 Å². The molecule has 0 saturated carbocycles. The van der Waals surface area contributed by atoms with Gasteiger partial charge in [-0.3, -0.25) is 10.1 Å². The molecule has 1 saturated heterocycles. The molecule has 1 fully saturated rings. The molecule has 198 valence electrons. The minimum atomic E-state index is -0.618. The maximum Gasteiger partial charge on any atom is 0.412 e. The highest BCUT2D eigenvalue weighted by molar-refractivity contribution is 6.07. The molecule has 3 aromatic carbocycles. The number of amides is 3. The van der Waals surface area contributed by atoms with E-state index >= 15 is 0 Å². The van der Waals surface area contributed by atoms with Crippen LogP contribution in [0.3, 0.4) is 0 Å². The molecule has 1 heterocycles. The third-order valence-electron chi connectivity index (χ3n) is 5.68. The number of nitrogens with one attached hydrogen (secondary N) is 3. The molecular formula is C29H32N4O5. The summed E-state index contributed by atoms with van der Waals surface area (Å²) >= 11 is 0. The fourth-order valence-electron chi connectivity index (χ4n) is 3.76. The molecule has 38 heavy (non-hydrogen) atoms. The van der Waals surface area contributed by atoms with Crippen molar-refractivity contribution in [3.63, 3.8) is 0 Å². The Bertz CT molecular complexity index is 1270. The monoisotopic (exact) mass is 516 g/mol. The lowest BCUT2D eigenvalue weighted by atomic mass is 10.1. The lowest BCUT2D eigenvalue weighted by Crippen LogP contribution is -2.57. The smallest absolute Gasteiger partial charge is 0.412 e. The molecule has 3 aromatic rings. The molecule has 1 aliphatic rings. The zero-order valence-electron chi connectivity index (χ0n) is 21.7. The van der Waals surface area contributed by atoms with E-state index in [1.54, 1.807) is 41.3 Å². The van der Waals surface area contributed by atoms with E-state index in [9.17, 15) is 14.4 Å². The summed E-state index contributed by atoms with van der Waals surface area (Å²) in [6, 6.07) is 23.5. The fraction of sp³-hybridized carbons (Fsp3) is 0.276. The topological polar surface area (TPSA) is 109 Å². The Morgan fingerprint density at radius 1 is 0.842 bits per heavy atom. The number of carbonyl (C=O) groups is 3. The van der Waals surface area contributed by atoms with Gasteiger partial charge in [0.25, 0.3) is 5.91 Å².